The third kappa shape index (κ3) is 7.81. The maximum absolute atomic E-state index is 10.5. The smallest absolute Gasteiger partial charge is 0.150 e. The molecule has 2 N–H and O–H groups in total. The van der Waals surface area contributed by atoms with E-state index in [0.29, 0.717) is 17.8 Å². The van der Waals surface area contributed by atoms with E-state index in [4.69, 9.17) is 0 Å². The lowest BCUT2D eigenvalue weighted by Gasteiger charge is -2.09. The molecule has 0 radical (unpaired) electrons. The van der Waals surface area contributed by atoms with E-state index < -0.39 is 0 Å². The molecule has 0 aliphatic carbocycles. The minimum Gasteiger partial charge on any atom is -0.368 e. The van der Waals surface area contributed by atoms with Crippen LogP contribution < -0.4 is 10.6 Å². The summed E-state index contributed by atoms with van der Waals surface area (Å²) in [5.41, 5.74) is 3.18. The predicted molar refractivity (Wildman–Crippen MR) is 98.5 cm³/mol. The molecule has 0 unspecified atom stereocenters. The number of aldehydes is 2. The Bertz CT molecular complexity index is 497. The Balaban J connectivity index is 0.00000112. The first-order valence-corrected chi connectivity index (χ1v) is 7.90. The van der Waals surface area contributed by atoms with Gasteiger partial charge in [-0.3, -0.25) is 9.59 Å². The second-order valence-electron chi connectivity index (χ2n) is 4.01. The highest BCUT2D eigenvalue weighted by Gasteiger charge is 1.94. The number of benzene rings is 2. The van der Waals surface area contributed by atoms with Crippen LogP contribution in [0.15, 0.2) is 48.5 Å². The first-order chi connectivity index (χ1) is 11.3. The predicted octanol–water partition coefficient (Wildman–Crippen LogP) is 4.85. The fourth-order valence-electron chi connectivity index (χ4n) is 1.61. The molecular weight excluding hydrogens is 288 g/mol. The minimum atomic E-state index is 0.556. The molecule has 0 fully saturated rings. The van der Waals surface area contributed by atoms with Crippen LogP contribution in [0.3, 0.4) is 0 Å². The van der Waals surface area contributed by atoms with Crippen LogP contribution >= 0.6 is 0 Å². The van der Waals surface area contributed by atoms with Crippen LogP contribution in [0.2, 0.25) is 0 Å². The van der Waals surface area contributed by atoms with Gasteiger partial charge in [0.1, 0.15) is 12.6 Å². The fraction of sp³-hybridized carbons (Fsp3) is 0.263. The lowest BCUT2D eigenvalue weighted by molar-refractivity contribution is 0.111. The van der Waals surface area contributed by atoms with Crippen molar-refractivity contribution in [3.05, 3.63) is 59.7 Å². The maximum Gasteiger partial charge on any atom is 0.150 e. The lowest BCUT2D eigenvalue weighted by atomic mass is 10.2. The highest BCUT2D eigenvalue weighted by molar-refractivity contribution is 5.76. The molecule has 2 aromatic carbocycles. The van der Waals surface area contributed by atoms with Crippen molar-refractivity contribution in [1.82, 2.24) is 0 Å². The third-order valence-corrected chi connectivity index (χ3v) is 2.68. The number of rotatable bonds is 6. The molecule has 124 valence electrons. The van der Waals surface area contributed by atoms with Crippen LogP contribution in [0.1, 0.15) is 48.4 Å². The molecule has 2 rings (SSSR count). The molecule has 0 saturated heterocycles. The van der Waals surface area contributed by atoms with Crippen molar-refractivity contribution < 1.29 is 9.59 Å². The van der Waals surface area contributed by atoms with Gasteiger partial charge in [0.05, 0.1) is 6.67 Å². The van der Waals surface area contributed by atoms with Gasteiger partial charge in [0.15, 0.2) is 0 Å². The normalized spacial score (nSPS) is 8.52. The van der Waals surface area contributed by atoms with Crippen molar-refractivity contribution in [3.8, 4) is 0 Å². The van der Waals surface area contributed by atoms with Crippen molar-refractivity contribution in [2.45, 2.75) is 27.7 Å². The van der Waals surface area contributed by atoms with E-state index in [0.717, 1.165) is 23.9 Å². The summed E-state index contributed by atoms with van der Waals surface area (Å²) in [7, 11) is 0. The molecule has 0 aliphatic rings. The van der Waals surface area contributed by atoms with Gasteiger partial charge in [0.25, 0.3) is 0 Å². The number of hydrogen-bond donors (Lipinski definition) is 2. The van der Waals surface area contributed by atoms with Gasteiger partial charge in [-0.05, 0) is 48.5 Å². The van der Waals surface area contributed by atoms with Gasteiger partial charge in [-0.2, -0.15) is 0 Å². The van der Waals surface area contributed by atoms with Gasteiger partial charge < -0.3 is 10.6 Å². The molecule has 2 aromatic rings. The maximum atomic E-state index is 10.5. The Morgan fingerprint density at radius 3 is 1.22 bits per heavy atom. The van der Waals surface area contributed by atoms with Gasteiger partial charge in [-0.25, -0.2) is 0 Å². The monoisotopic (exact) mass is 314 g/mol. The zero-order valence-corrected chi connectivity index (χ0v) is 14.3. The van der Waals surface area contributed by atoms with E-state index in [9.17, 15) is 9.59 Å². The second-order valence-corrected chi connectivity index (χ2v) is 4.01. The average molecular weight is 314 g/mol. The van der Waals surface area contributed by atoms with E-state index in [-0.39, 0.29) is 0 Å². The topological polar surface area (TPSA) is 58.2 Å². The highest BCUT2D eigenvalue weighted by Crippen LogP contribution is 2.10. The number of anilines is 2. The molecule has 0 heterocycles. The number of carbonyl (C=O) groups is 2. The summed E-state index contributed by atoms with van der Waals surface area (Å²) in [4.78, 5) is 21.0. The van der Waals surface area contributed by atoms with Crippen LogP contribution in [0.5, 0.6) is 0 Å². The van der Waals surface area contributed by atoms with Gasteiger partial charge in [-0.15, -0.1) is 0 Å². The molecule has 0 atom stereocenters. The molecule has 4 heteroatoms. The largest absolute Gasteiger partial charge is 0.368 e. The van der Waals surface area contributed by atoms with E-state index >= 15 is 0 Å². The van der Waals surface area contributed by atoms with Gasteiger partial charge >= 0.3 is 0 Å². The molecule has 4 nitrogen and oxygen atoms in total. The quantitative estimate of drug-likeness (QED) is 0.591. The van der Waals surface area contributed by atoms with E-state index in [2.05, 4.69) is 10.6 Å². The van der Waals surface area contributed by atoms with E-state index in [1.807, 2.05) is 52.0 Å². The summed E-state index contributed by atoms with van der Waals surface area (Å²) in [5, 5.41) is 6.35. The third-order valence-electron chi connectivity index (χ3n) is 2.68. The summed E-state index contributed by atoms with van der Waals surface area (Å²) in [6.45, 7) is 8.56. The first-order valence-electron chi connectivity index (χ1n) is 7.90. The highest BCUT2D eigenvalue weighted by atomic mass is 16.1. The summed E-state index contributed by atoms with van der Waals surface area (Å²) in [6, 6.07) is 14.4. The van der Waals surface area contributed by atoms with Crippen molar-refractivity contribution >= 4 is 23.9 Å². The van der Waals surface area contributed by atoms with E-state index in [1.165, 1.54) is 0 Å². The molecule has 0 aromatic heterocycles. The van der Waals surface area contributed by atoms with Crippen LogP contribution in [0, 0.1) is 0 Å². The van der Waals surface area contributed by atoms with Crippen molar-refractivity contribution in [2.24, 2.45) is 0 Å². The Kier molecular flexibility index (Phi) is 11.6. The molecular formula is C19H26N2O2. The second kappa shape index (κ2) is 13.1. The molecule has 23 heavy (non-hydrogen) atoms. The van der Waals surface area contributed by atoms with Crippen LogP contribution in [-0.4, -0.2) is 19.2 Å². The molecule has 0 bridgehead atoms. The minimum absolute atomic E-state index is 0.556. The van der Waals surface area contributed by atoms with E-state index in [1.54, 1.807) is 24.3 Å². The summed E-state index contributed by atoms with van der Waals surface area (Å²) >= 11 is 0. The van der Waals surface area contributed by atoms with Gasteiger partial charge in [0, 0.05) is 22.5 Å². The standard InChI is InChI=1S/C15H14N2O2.2C2H6/c18-9-12-1-5-14(6-2-12)16-11-17-15-7-3-13(10-19)4-8-15;2*1-2/h1-10,16-17H,11H2;2*1-2H3. The number of carbonyl (C=O) groups excluding carboxylic acids is 2. The summed E-state index contributed by atoms with van der Waals surface area (Å²) in [5.74, 6) is 0. The Morgan fingerprint density at radius 2 is 0.957 bits per heavy atom. The van der Waals surface area contributed by atoms with Crippen molar-refractivity contribution in [2.75, 3.05) is 17.3 Å². The molecule has 0 amide bonds. The van der Waals surface area contributed by atoms with Crippen molar-refractivity contribution in [1.29, 1.82) is 0 Å². The van der Waals surface area contributed by atoms with Crippen LogP contribution in [0.25, 0.3) is 0 Å². The van der Waals surface area contributed by atoms with Gasteiger partial charge in [0.2, 0.25) is 0 Å². The average Bonchev–Trinajstić information content (AvgIpc) is 2.66. The SMILES string of the molecule is CC.CC.O=Cc1ccc(NCNc2ccc(C=O)cc2)cc1. The Hall–Kier alpha value is -2.62. The number of hydrogen-bond acceptors (Lipinski definition) is 4. The summed E-state index contributed by atoms with van der Waals surface area (Å²) < 4.78 is 0. The Labute approximate surface area is 138 Å². The fourth-order valence-corrected chi connectivity index (χ4v) is 1.61. The van der Waals surface area contributed by atoms with Crippen LogP contribution in [-0.2, 0) is 0 Å². The molecule has 0 spiro atoms. The lowest BCUT2D eigenvalue weighted by Crippen LogP contribution is -2.11. The zero-order chi connectivity index (χ0) is 17.5. The van der Waals surface area contributed by atoms with Crippen molar-refractivity contribution in [3.63, 3.8) is 0 Å². The summed E-state index contributed by atoms with van der Waals surface area (Å²) in [6.07, 6.45) is 1.63. The van der Waals surface area contributed by atoms with Crippen LogP contribution in [0.4, 0.5) is 11.4 Å². The molecule has 0 saturated carbocycles. The first kappa shape index (κ1) is 20.4. The molecule has 0 aliphatic heterocycles. The zero-order valence-electron chi connectivity index (χ0n) is 14.3. The van der Waals surface area contributed by atoms with Gasteiger partial charge in [-0.1, -0.05) is 27.7 Å². The number of nitrogens with one attached hydrogen (secondary N) is 2. The Morgan fingerprint density at radius 1 is 0.652 bits per heavy atom.